The molecule has 0 bridgehead atoms. The first-order valence-corrected chi connectivity index (χ1v) is 8.03. The number of hydrogen-bond donors (Lipinski definition) is 1. The molecule has 1 N–H and O–H groups in total. The summed E-state index contributed by atoms with van der Waals surface area (Å²) in [7, 11) is 0. The number of rotatable bonds is 4. The molecule has 1 amide bonds. The van der Waals surface area contributed by atoms with Gasteiger partial charge in [-0.15, -0.1) is 0 Å². The summed E-state index contributed by atoms with van der Waals surface area (Å²) in [5.41, 5.74) is 4.41. The lowest BCUT2D eigenvalue weighted by atomic mass is 10.2. The highest BCUT2D eigenvalue weighted by Crippen LogP contribution is 2.15. The molecule has 122 valence electrons. The number of amides is 1. The summed E-state index contributed by atoms with van der Waals surface area (Å²) in [5, 5.41) is 3.81. The Balaban J connectivity index is 1.70. The molecule has 0 radical (unpaired) electrons. The number of benzene rings is 2. The highest BCUT2D eigenvalue weighted by atomic mass is 79.9. The van der Waals surface area contributed by atoms with Crippen LogP contribution < -0.4 is 5.43 Å². The number of halogens is 2. The van der Waals surface area contributed by atoms with E-state index in [0.29, 0.717) is 0 Å². The van der Waals surface area contributed by atoms with Crippen molar-refractivity contribution < 1.29 is 9.18 Å². The number of fused-ring (bicyclic) bond motifs is 1. The van der Waals surface area contributed by atoms with E-state index in [0.717, 1.165) is 21.3 Å². The molecule has 0 aliphatic heterocycles. The Labute approximate surface area is 146 Å². The van der Waals surface area contributed by atoms with Gasteiger partial charge in [-0.05, 0) is 37.3 Å². The number of hydrogen-bond acceptors (Lipinski definition) is 3. The summed E-state index contributed by atoms with van der Waals surface area (Å²) in [5.74, 6) is 0.0221. The van der Waals surface area contributed by atoms with Crippen LogP contribution in [0.4, 0.5) is 4.39 Å². The standard InChI is InChI=1S/C17H14BrFN4O/c1-11-21-15-4-2-3-5-16(15)23(11)10-17(24)22-20-9-12-8-13(18)6-7-14(12)19/h2-9H,10H2,1H3,(H,22,24)/b20-9-. The summed E-state index contributed by atoms with van der Waals surface area (Å²) in [6, 6.07) is 12.1. The van der Waals surface area contributed by atoms with Crippen LogP contribution in [-0.4, -0.2) is 21.7 Å². The van der Waals surface area contributed by atoms with E-state index in [2.05, 4.69) is 31.4 Å². The van der Waals surface area contributed by atoms with Gasteiger partial charge in [-0.3, -0.25) is 4.79 Å². The van der Waals surface area contributed by atoms with Gasteiger partial charge in [0.15, 0.2) is 0 Å². The monoisotopic (exact) mass is 388 g/mol. The van der Waals surface area contributed by atoms with Crippen LogP contribution in [0.3, 0.4) is 0 Å². The average molecular weight is 389 g/mol. The predicted molar refractivity (Wildman–Crippen MR) is 94.3 cm³/mol. The van der Waals surface area contributed by atoms with E-state index in [1.54, 1.807) is 16.7 Å². The molecule has 24 heavy (non-hydrogen) atoms. The van der Waals surface area contributed by atoms with E-state index in [9.17, 15) is 9.18 Å². The number of carbonyl (C=O) groups is 1. The van der Waals surface area contributed by atoms with Crippen LogP contribution in [0.15, 0.2) is 52.0 Å². The number of para-hydroxylation sites is 2. The van der Waals surface area contributed by atoms with Crippen molar-refractivity contribution in [2.24, 2.45) is 5.10 Å². The maximum absolute atomic E-state index is 13.6. The molecule has 0 saturated carbocycles. The largest absolute Gasteiger partial charge is 0.319 e. The number of nitrogens with zero attached hydrogens (tertiary/aromatic N) is 3. The SMILES string of the molecule is Cc1nc2ccccc2n1CC(=O)N/N=C\c1cc(Br)ccc1F. The fourth-order valence-corrected chi connectivity index (χ4v) is 2.74. The fraction of sp³-hybridized carbons (Fsp3) is 0.118. The van der Waals surface area contributed by atoms with Gasteiger partial charge in [0.05, 0.1) is 17.2 Å². The molecule has 5 nitrogen and oxygen atoms in total. The van der Waals surface area contributed by atoms with E-state index < -0.39 is 5.82 Å². The molecule has 7 heteroatoms. The Morgan fingerprint density at radius 1 is 1.38 bits per heavy atom. The fourth-order valence-electron chi connectivity index (χ4n) is 2.36. The maximum atomic E-state index is 13.6. The van der Waals surface area contributed by atoms with Gasteiger partial charge in [-0.25, -0.2) is 14.8 Å². The highest BCUT2D eigenvalue weighted by Gasteiger charge is 2.10. The van der Waals surface area contributed by atoms with Crippen molar-refractivity contribution in [3.8, 4) is 0 Å². The molecule has 0 fully saturated rings. The summed E-state index contributed by atoms with van der Waals surface area (Å²) in [6.07, 6.45) is 1.27. The zero-order valence-corrected chi connectivity index (χ0v) is 14.4. The second-order valence-electron chi connectivity index (χ2n) is 5.19. The first-order chi connectivity index (χ1) is 11.5. The quantitative estimate of drug-likeness (QED) is 0.549. The van der Waals surface area contributed by atoms with Gasteiger partial charge in [0.2, 0.25) is 0 Å². The Bertz CT molecular complexity index is 935. The topological polar surface area (TPSA) is 59.3 Å². The van der Waals surface area contributed by atoms with Gasteiger partial charge < -0.3 is 4.57 Å². The minimum absolute atomic E-state index is 0.0879. The minimum atomic E-state index is -0.410. The number of hydrazone groups is 1. The minimum Gasteiger partial charge on any atom is -0.319 e. The third-order valence-electron chi connectivity index (χ3n) is 3.50. The Hall–Kier alpha value is -2.54. The Morgan fingerprint density at radius 2 is 2.17 bits per heavy atom. The molecular formula is C17H14BrFN4O. The second-order valence-corrected chi connectivity index (χ2v) is 6.11. The number of nitrogens with one attached hydrogen (secondary N) is 1. The highest BCUT2D eigenvalue weighted by molar-refractivity contribution is 9.10. The molecule has 0 aliphatic carbocycles. The first kappa shape index (κ1) is 16.3. The van der Waals surface area contributed by atoms with Crippen LogP contribution in [0.1, 0.15) is 11.4 Å². The molecule has 2 aromatic carbocycles. The zero-order valence-electron chi connectivity index (χ0n) is 12.8. The molecule has 0 unspecified atom stereocenters. The third kappa shape index (κ3) is 3.51. The van der Waals surface area contributed by atoms with E-state index in [4.69, 9.17) is 0 Å². The summed E-state index contributed by atoms with van der Waals surface area (Å²) in [6.45, 7) is 1.93. The van der Waals surface area contributed by atoms with Crippen LogP contribution in [-0.2, 0) is 11.3 Å². The smallest absolute Gasteiger partial charge is 0.260 e. The normalized spacial score (nSPS) is 11.3. The Kier molecular flexibility index (Phi) is 4.71. The van der Waals surface area contributed by atoms with Gasteiger partial charge in [-0.1, -0.05) is 28.1 Å². The molecular weight excluding hydrogens is 375 g/mol. The Morgan fingerprint density at radius 3 is 3.00 bits per heavy atom. The lowest BCUT2D eigenvalue weighted by molar-refractivity contribution is -0.121. The van der Waals surface area contributed by atoms with Crippen LogP contribution in [0.25, 0.3) is 11.0 Å². The molecule has 3 aromatic rings. The molecule has 0 spiro atoms. The van der Waals surface area contributed by atoms with Crippen LogP contribution in [0.2, 0.25) is 0 Å². The zero-order chi connectivity index (χ0) is 17.1. The van der Waals surface area contributed by atoms with Crippen molar-refractivity contribution in [2.75, 3.05) is 0 Å². The summed E-state index contributed by atoms with van der Waals surface area (Å²) in [4.78, 5) is 16.5. The number of aromatic nitrogens is 2. The second kappa shape index (κ2) is 6.92. The van der Waals surface area contributed by atoms with E-state index >= 15 is 0 Å². The number of carbonyl (C=O) groups excluding carboxylic acids is 1. The lowest BCUT2D eigenvalue weighted by Gasteiger charge is -2.05. The van der Waals surface area contributed by atoms with Crippen molar-refractivity contribution in [1.29, 1.82) is 0 Å². The summed E-state index contributed by atoms with van der Waals surface area (Å²) < 4.78 is 16.1. The third-order valence-corrected chi connectivity index (χ3v) is 3.99. The van der Waals surface area contributed by atoms with Crippen LogP contribution in [0.5, 0.6) is 0 Å². The molecule has 0 atom stereocenters. The number of aryl methyl sites for hydroxylation is 1. The predicted octanol–water partition coefficient (Wildman–Crippen LogP) is 3.40. The molecule has 3 rings (SSSR count). The van der Waals surface area contributed by atoms with Gasteiger partial charge in [0.25, 0.3) is 5.91 Å². The van der Waals surface area contributed by atoms with Crippen molar-refractivity contribution in [1.82, 2.24) is 15.0 Å². The average Bonchev–Trinajstić information content (AvgIpc) is 2.87. The van der Waals surface area contributed by atoms with E-state index in [1.807, 2.05) is 31.2 Å². The van der Waals surface area contributed by atoms with Gasteiger partial charge in [0, 0.05) is 10.0 Å². The maximum Gasteiger partial charge on any atom is 0.260 e. The van der Waals surface area contributed by atoms with Crippen molar-refractivity contribution in [2.45, 2.75) is 13.5 Å². The first-order valence-electron chi connectivity index (χ1n) is 7.23. The molecule has 0 aliphatic rings. The van der Waals surface area contributed by atoms with Gasteiger partial charge >= 0.3 is 0 Å². The molecule has 0 saturated heterocycles. The van der Waals surface area contributed by atoms with Gasteiger partial charge in [0.1, 0.15) is 18.2 Å². The molecule has 1 aromatic heterocycles. The number of imidazole rings is 1. The van der Waals surface area contributed by atoms with Crippen molar-refractivity contribution in [3.63, 3.8) is 0 Å². The van der Waals surface area contributed by atoms with Gasteiger partial charge in [-0.2, -0.15) is 5.10 Å². The van der Waals surface area contributed by atoms with E-state index in [1.165, 1.54) is 12.3 Å². The molecule has 1 heterocycles. The lowest BCUT2D eigenvalue weighted by Crippen LogP contribution is -2.23. The van der Waals surface area contributed by atoms with E-state index in [-0.39, 0.29) is 18.0 Å². The van der Waals surface area contributed by atoms with Crippen LogP contribution >= 0.6 is 15.9 Å². The van der Waals surface area contributed by atoms with Crippen molar-refractivity contribution >= 4 is 39.1 Å². The van der Waals surface area contributed by atoms with Crippen molar-refractivity contribution in [3.05, 3.63) is 64.1 Å². The van der Waals surface area contributed by atoms with Crippen LogP contribution in [0, 0.1) is 12.7 Å². The summed E-state index contributed by atoms with van der Waals surface area (Å²) >= 11 is 3.26.